The topological polar surface area (TPSA) is 91.8 Å². The molecular weight excluding hydrogens is 392 g/mol. The molecule has 0 saturated carbocycles. The van der Waals surface area contributed by atoms with E-state index in [1.807, 2.05) is 13.0 Å². The maximum atomic E-state index is 12.4. The van der Waals surface area contributed by atoms with Crippen LogP contribution in [-0.4, -0.2) is 86.2 Å². The molecule has 29 heavy (non-hydrogen) atoms. The van der Waals surface area contributed by atoms with Gasteiger partial charge in [0.25, 0.3) is 5.91 Å². The number of aryl methyl sites for hydroxylation is 1. The van der Waals surface area contributed by atoms with Gasteiger partial charge in [-0.15, -0.1) is 0 Å². The molecule has 2 fully saturated rings. The maximum Gasteiger partial charge on any atom is 0.252 e. The summed E-state index contributed by atoms with van der Waals surface area (Å²) in [4.78, 5) is 18.9. The number of ether oxygens (including phenoxy) is 1. The first-order chi connectivity index (χ1) is 13.8. The first kappa shape index (κ1) is 22.1. The molecule has 3 heterocycles. The smallest absolute Gasteiger partial charge is 0.252 e. The van der Waals surface area contributed by atoms with Crippen LogP contribution in [0.5, 0.6) is 0 Å². The molecule has 0 bridgehead atoms. The minimum Gasteiger partial charge on any atom is -0.381 e. The Bertz CT molecular complexity index is 795. The summed E-state index contributed by atoms with van der Waals surface area (Å²) in [6.45, 7) is 5.68. The van der Waals surface area contributed by atoms with Crippen LogP contribution in [0.25, 0.3) is 0 Å². The molecular formula is C20H32N4O4S. The minimum atomic E-state index is -3.19. The number of carbonyl (C=O) groups excluding carboxylic acids is 1. The SMILES string of the molecule is Cc1cncc(C(=O)NCCN(C2CCOCC2)C2CCCN(S(C)(=O)=O)C2)c1. The van der Waals surface area contributed by atoms with Crippen LogP contribution in [-0.2, 0) is 14.8 Å². The number of nitrogens with zero attached hydrogens (tertiary/aromatic N) is 3. The van der Waals surface area contributed by atoms with Gasteiger partial charge in [0, 0.05) is 63.9 Å². The number of carbonyl (C=O) groups is 1. The molecule has 1 atom stereocenters. The van der Waals surface area contributed by atoms with Gasteiger partial charge in [0.1, 0.15) is 0 Å². The number of rotatable bonds is 7. The third kappa shape index (κ3) is 6.21. The van der Waals surface area contributed by atoms with Crippen LogP contribution in [0.15, 0.2) is 18.5 Å². The van der Waals surface area contributed by atoms with E-state index in [4.69, 9.17) is 4.74 Å². The molecule has 1 unspecified atom stereocenters. The molecule has 0 aromatic carbocycles. The van der Waals surface area contributed by atoms with E-state index >= 15 is 0 Å². The fourth-order valence-electron chi connectivity index (χ4n) is 4.25. The van der Waals surface area contributed by atoms with Gasteiger partial charge in [-0.05, 0) is 44.2 Å². The van der Waals surface area contributed by atoms with E-state index in [1.54, 1.807) is 16.7 Å². The number of hydrogen-bond acceptors (Lipinski definition) is 6. The van der Waals surface area contributed by atoms with Crippen LogP contribution in [0, 0.1) is 6.92 Å². The summed E-state index contributed by atoms with van der Waals surface area (Å²) in [6, 6.07) is 2.34. The standard InChI is InChI=1S/C20H32N4O4S/c1-16-12-17(14-21-13-16)20(25)22-7-9-24(18-5-10-28-11-6-18)19-4-3-8-23(15-19)29(2,26)27/h12-14,18-19H,3-11,15H2,1-2H3,(H,22,25). The average Bonchev–Trinajstić information content (AvgIpc) is 2.71. The van der Waals surface area contributed by atoms with Crippen LogP contribution in [0.2, 0.25) is 0 Å². The number of hydrogen-bond donors (Lipinski definition) is 1. The number of pyridine rings is 1. The maximum absolute atomic E-state index is 12.4. The molecule has 1 amide bonds. The van der Waals surface area contributed by atoms with E-state index < -0.39 is 10.0 Å². The van der Waals surface area contributed by atoms with Crippen molar-refractivity contribution in [3.8, 4) is 0 Å². The van der Waals surface area contributed by atoms with Crippen molar-refractivity contribution >= 4 is 15.9 Å². The number of nitrogens with one attached hydrogen (secondary N) is 1. The zero-order valence-electron chi connectivity index (χ0n) is 17.3. The van der Waals surface area contributed by atoms with Crippen molar-refractivity contribution < 1.29 is 17.9 Å². The van der Waals surface area contributed by atoms with Gasteiger partial charge >= 0.3 is 0 Å². The highest BCUT2D eigenvalue weighted by molar-refractivity contribution is 7.88. The Labute approximate surface area is 173 Å². The third-order valence-corrected chi connectivity index (χ3v) is 7.02. The van der Waals surface area contributed by atoms with Crippen molar-refractivity contribution in [2.24, 2.45) is 0 Å². The molecule has 1 aromatic heterocycles. The zero-order valence-corrected chi connectivity index (χ0v) is 18.2. The molecule has 2 aliphatic heterocycles. The summed E-state index contributed by atoms with van der Waals surface area (Å²) in [5.74, 6) is -0.130. The van der Waals surface area contributed by atoms with Gasteiger partial charge in [0.15, 0.2) is 0 Å². The van der Waals surface area contributed by atoms with E-state index in [-0.39, 0.29) is 11.9 Å². The average molecular weight is 425 g/mol. The summed E-state index contributed by atoms with van der Waals surface area (Å²) in [7, 11) is -3.19. The van der Waals surface area contributed by atoms with E-state index in [9.17, 15) is 13.2 Å². The van der Waals surface area contributed by atoms with Crippen LogP contribution >= 0.6 is 0 Å². The predicted molar refractivity (Wildman–Crippen MR) is 111 cm³/mol. The minimum absolute atomic E-state index is 0.130. The summed E-state index contributed by atoms with van der Waals surface area (Å²) < 4.78 is 31.2. The van der Waals surface area contributed by atoms with E-state index in [1.165, 1.54) is 6.26 Å². The Kier molecular flexibility index (Phi) is 7.61. The largest absolute Gasteiger partial charge is 0.381 e. The lowest BCUT2D eigenvalue weighted by molar-refractivity contribution is 0.00673. The van der Waals surface area contributed by atoms with Crippen molar-refractivity contribution in [1.29, 1.82) is 0 Å². The lowest BCUT2D eigenvalue weighted by Gasteiger charge is -2.43. The lowest BCUT2D eigenvalue weighted by atomic mass is 9.99. The van der Waals surface area contributed by atoms with E-state index in [2.05, 4.69) is 15.2 Å². The molecule has 0 radical (unpaired) electrons. The predicted octanol–water partition coefficient (Wildman–Crippen LogP) is 1.02. The first-order valence-corrected chi connectivity index (χ1v) is 12.2. The molecule has 2 saturated heterocycles. The zero-order chi connectivity index (χ0) is 20.9. The van der Waals surface area contributed by atoms with Crippen LogP contribution in [0.3, 0.4) is 0 Å². The van der Waals surface area contributed by atoms with Gasteiger partial charge in [0.2, 0.25) is 10.0 Å². The third-order valence-electron chi connectivity index (χ3n) is 5.75. The molecule has 1 aromatic rings. The molecule has 0 aliphatic carbocycles. The molecule has 162 valence electrons. The quantitative estimate of drug-likeness (QED) is 0.703. The Morgan fingerprint density at radius 3 is 2.72 bits per heavy atom. The number of sulfonamides is 1. The Morgan fingerprint density at radius 2 is 2.03 bits per heavy atom. The monoisotopic (exact) mass is 424 g/mol. The Balaban J connectivity index is 1.63. The Hall–Kier alpha value is -1.55. The number of piperidine rings is 1. The highest BCUT2D eigenvalue weighted by atomic mass is 32.2. The summed E-state index contributed by atoms with van der Waals surface area (Å²) in [6.07, 6.45) is 8.28. The van der Waals surface area contributed by atoms with E-state index in [0.29, 0.717) is 37.8 Å². The highest BCUT2D eigenvalue weighted by Crippen LogP contribution is 2.24. The molecule has 2 aliphatic rings. The van der Waals surface area contributed by atoms with Crippen LogP contribution in [0.1, 0.15) is 41.6 Å². The fraction of sp³-hybridized carbons (Fsp3) is 0.700. The summed E-state index contributed by atoms with van der Waals surface area (Å²) in [5, 5.41) is 2.99. The molecule has 3 rings (SSSR count). The van der Waals surface area contributed by atoms with Crippen molar-refractivity contribution in [1.82, 2.24) is 19.5 Å². The Morgan fingerprint density at radius 1 is 1.28 bits per heavy atom. The van der Waals surface area contributed by atoms with Gasteiger partial charge in [-0.2, -0.15) is 0 Å². The first-order valence-electron chi connectivity index (χ1n) is 10.3. The lowest BCUT2D eigenvalue weighted by Crippen LogP contribution is -2.55. The van der Waals surface area contributed by atoms with Crippen molar-refractivity contribution in [3.05, 3.63) is 29.6 Å². The molecule has 8 nitrogen and oxygen atoms in total. The molecule has 1 N–H and O–H groups in total. The normalized spacial score (nSPS) is 22.0. The van der Waals surface area contributed by atoms with Gasteiger partial charge in [-0.1, -0.05) is 0 Å². The second kappa shape index (κ2) is 9.97. The van der Waals surface area contributed by atoms with Crippen molar-refractivity contribution in [2.45, 2.75) is 44.7 Å². The second-order valence-electron chi connectivity index (χ2n) is 8.01. The molecule has 9 heteroatoms. The van der Waals surface area contributed by atoms with Crippen LogP contribution < -0.4 is 5.32 Å². The van der Waals surface area contributed by atoms with Crippen molar-refractivity contribution in [3.63, 3.8) is 0 Å². The van der Waals surface area contributed by atoms with Crippen LogP contribution in [0.4, 0.5) is 0 Å². The van der Waals surface area contributed by atoms with Crippen molar-refractivity contribution in [2.75, 3.05) is 45.6 Å². The highest BCUT2D eigenvalue weighted by Gasteiger charge is 2.33. The van der Waals surface area contributed by atoms with Gasteiger partial charge in [-0.3, -0.25) is 14.7 Å². The van der Waals surface area contributed by atoms with Gasteiger partial charge < -0.3 is 10.1 Å². The summed E-state index contributed by atoms with van der Waals surface area (Å²) in [5.41, 5.74) is 1.51. The summed E-state index contributed by atoms with van der Waals surface area (Å²) >= 11 is 0. The molecule has 0 spiro atoms. The fourth-order valence-corrected chi connectivity index (χ4v) is 5.16. The van der Waals surface area contributed by atoms with Gasteiger partial charge in [0.05, 0.1) is 11.8 Å². The van der Waals surface area contributed by atoms with E-state index in [0.717, 1.165) is 44.5 Å². The number of amides is 1. The van der Waals surface area contributed by atoms with Gasteiger partial charge in [-0.25, -0.2) is 12.7 Å². The second-order valence-corrected chi connectivity index (χ2v) is 9.99. The number of aromatic nitrogens is 1.